The van der Waals surface area contributed by atoms with E-state index in [2.05, 4.69) is 29.4 Å². The van der Waals surface area contributed by atoms with Crippen LogP contribution >= 0.6 is 11.6 Å². The summed E-state index contributed by atoms with van der Waals surface area (Å²) in [5.41, 5.74) is 1.71. The standard InChI is InChI=1S/C22H30ClN3O3.ClH/c1-4-26(5-2)12-11-24-15-17-13-19(23)22(20(14-17)28-3)29-16-21(27)25-18-9-7-6-8-10-18;/h6-10,13-14,24H,4-5,11-12,15-16H2,1-3H3,(H,25,27);1H/p-1. The zero-order valence-corrected chi connectivity index (χ0v) is 19.2. The zero-order chi connectivity index (χ0) is 21.1. The summed E-state index contributed by atoms with van der Waals surface area (Å²) < 4.78 is 11.1. The summed E-state index contributed by atoms with van der Waals surface area (Å²) >= 11 is 6.39. The largest absolute Gasteiger partial charge is 1.00 e. The second kappa shape index (κ2) is 14.1. The lowest BCUT2D eigenvalue weighted by molar-refractivity contribution is -0.118. The molecular formula is C22H30Cl2N3O3-. The molecule has 30 heavy (non-hydrogen) atoms. The number of rotatable bonds is 12. The number of benzene rings is 2. The molecule has 0 heterocycles. The van der Waals surface area contributed by atoms with Crippen LogP contribution in [0.25, 0.3) is 0 Å². The number of carbonyl (C=O) groups excluding carboxylic acids is 1. The molecule has 2 aromatic carbocycles. The molecule has 0 fully saturated rings. The van der Waals surface area contributed by atoms with Gasteiger partial charge < -0.3 is 37.4 Å². The Morgan fingerprint density at radius 1 is 1.13 bits per heavy atom. The van der Waals surface area contributed by atoms with Crippen LogP contribution in [-0.2, 0) is 11.3 Å². The number of hydrogen-bond donors (Lipinski definition) is 2. The summed E-state index contributed by atoms with van der Waals surface area (Å²) in [7, 11) is 1.56. The summed E-state index contributed by atoms with van der Waals surface area (Å²) in [6.45, 7) is 8.80. The Labute approximate surface area is 190 Å². The Hall–Kier alpha value is -1.99. The molecule has 0 aliphatic heterocycles. The van der Waals surface area contributed by atoms with Gasteiger partial charge in [-0.25, -0.2) is 0 Å². The van der Waals surface area contributed by atoms with E-state index < -0.39 is 0 Å². The molecule has 0 aromatic heterocycles. The van der Waals surface area contributed by atoms with Gasteiger partial charge in [0.15, 0.2) is 18.1 Å². The summed E-state index contributed by atoms with van der Waals surface area (Å²) in [5, 5.41) is 6.60. The molecule has 0 saturated carbocycles. The van der Waals surface area contributed by atoms with Crippen molar-refractivity contribution in [1.82, 2.24) is 10.2 Å². The molecule has 1 amide bonds. The molecule has 0 aliphatic carbocycles. The molecule has 0 spiro atoms. The Balaban J connectivity index is 0.00000450. The van der Waals surface area contributed by atoms with Crippen LogP contribution in [0.4, 0.5) is 5.69 Å². The number of methoxy groups -OCH3 is 1. The number of hydrogen-bond acceptors (Lipinski definition) is 5. The van der Waals surface area contributed by atoms with E-state index in [0.29, 0.717) is 28.8 Å². The fourth-order valence-corrected chi connectivity index (χ4v) is 3.17. The van der Waals surface area contributed by atoms with Crippen LogP contribution in [0.15, 0.2) is 42.5 Å². The van der Waals surface area contributed by atoms with E-state index in [0.717, 1.165) is 31.7 Å². The smallest absolute Gasteiger partial charge is 0.262 e. The molecule has 2 aromatic rings. The number of nitrogens with zero attached hydrogens (tertiary/aromatic N) is 1. The third-order valence-corrected chi connectivity index (χ3v) is 4.80. The van der Waals surface area contributed by atoms with Gasteiger partial charge in [-0.2, -0.15) is 0 Å². The molecule has 0 unspecified atom stereocenters. The van der Waals surface area contributed by atoms with E-state index in [1.165, 1.54) is 0 Å². The molecule has 6 nitrogen and oxygen atoms in total. The monoisotopic (exact) mass is 454 g/mol. The Morgan fingerprint density at radius 2 is 1.83 bits per heavy atom. The SMILES string of the molecule is CCN(CC)CCNCc1cc(Cl)c(OCC(=O)Nc2ccccc2)c(OC)c1.[Cl-]. The number of amides is 1. The van der Waals surface area contributed by atoms with Gasteiger partial charge in [-0.1, -0.05) is 43.6 Å². The van der Waals surface area contributed by atoms with Crippen molar-refractivity contribution in [1.29, 1.82) is 0 Å². The Morgan fingerprint density at radius 3 is 2.47 bits per heavy atom. The second-order valence-electron chi connectivity index (χ2n) is 6.52. The molecule has 0 radical (unpaired) electrons. The first kappa shape index (κ1) is 26.0. The maximum Gasteiger partial charge on any atom is 0.262 e. The van der Waals surface area contributed by atoms with Crippen LogP contribution in [0.1, 0.15) is 19.4 Å². The van der Waals surface area contributed by atoms with Crippen LogP contribution in [0.3, 0.4) is 0 Å². The van der Waals surface area contributed by atoms with Gasteiger partial charge in [0, 0.05) is 25.3 Å². The van der Waals surface area contributed by atoms with Gasteiger partial charge in [0.05, 0.1) is 12.1 Å². The average Bonchev–Trinajstić information content (AvgIpc) is 2.73. The number of para-hydroxylation sites is 1. The minimum Gasteiger partial charge on any atom is -1.00 e. The van der Waals surface area contributed by atoms with Gasteiger partial charge >= 0.3 is 0 Å². The summed E-state index contributed by atoms with van der Waals surface area (Å²) in [4.78, 5) is 14.5. The van der Waals surface area contributed by atoms with Crippen molar-refractivity contribution < 1.29 is 26.7 Å². The fourth-order valence-electron chi connectivity index (χ4n) is 2.88. The van der Waals surface area contributed by atoms with Gasteiger partial charge in [-0.05, 0) is 42.9 Å². The quantitative estimate of drug-likeness (QED) is 0.464. The number of nitrogens with one attached hydrogen (secondary N) is 2. The fraction of sp³-hybridized carbons (Fsp3) is 0.409. The number of carbonyl (C=O) groups is 1. The highest BCUT2D eigenvalue weighted by Crippen LogP contribution is 2.36. The minimum absolute atomic E-state index is 0. The lowest BCUT2D eigenvalue weighted by Crippen LogP contribution is -3.00. The number of ether oxygens (including phenoxy) is 2. The predicted octanol–water partition coefficient (Wildman–Crippen LogP) is 0.802. The predicted molar refractivity (Wildman–Crippen MR) is 118 cm³/mol. The molecule has 0 saturated heterocycles. The van der Waals surface area contributed by atoms with Crippen LogP contribution < -0.4 is 32.5 Å². The Bertz CT molecular complexity index is 772. The van der Waals surface area contributed by atoms with Crippen LogP contribution in [0.5, 0.6) is 11.5 Å². The van der Waals surface area contributed by atoms with Crippen molar-refractivity contribution in [2.45, 2.75) is 20.4 Å². The van der Waals surface area contributed by atoms with Crippen molar-refractivity contribution in [2.24, 2.45) is 0 Å². The van der Waals surface area contributed by atoms with Crippen molar-refractivity contribution in [3.8, 4) is 11.5 Å². The maximum atomic E-state index is 12.1. The number of halogens is 2. The third kappa shape index (κ3) is 8.40. The van der Waals surface area contributed by atoms with E-state index in [9.17, 15) is 4.79 Å². The van der Waals surface area contributed by atoms with Crippen LogP contribution in [-0.4, -0.2) is 50.7 Å². The normalized spacial score (nSPS) is 10.4. The topological polar surface area (TPSA) is 62.8 Å². The van der Waals surface area contributed by atoms with Crippen molar-refractivity contribution in [3.05, 3.63) is 53.1 Å². The molecule has 2 N–H and O–H groups in total. The first-order valence-corrected chi connectivity index (χ1v) is 10.2. The van der Waals surface area contributed by atoms with Gasteiger partial charge in [0.1, 0.15) is 0 Å². The highest BCUT2D eigenvalue weighted by Gasteiger charge is 2.14. The highest BCUT2D eigenvalue weighted by atomic mass is 35.5. The first-order chi connectivity index (χ1) is 14.1. The van der Waals surface area contributed by atoms with Gasteiger partial charge in [0.25, 0.3) is 5.91 Å². The van der Waals surface area contributed by atoms with E-state index in [1.807, 2.05) is 42.5 Å². The minimum atomic E-state index is -0.267. The Kier molecular flexibility index (Phi) is 12.2. The third-order valence-electron chi connectivity index (χ3n) is 4.52. The molecular weight excluding hydrogens is 425 g/mol. The van der Waals surface area contributed by atoms with E-state index in [-0.39, 0.29) is 24.9 Å². The first-order valence-electron chi connectivity index (χ1n) is 9.84. The summed E-state index contributed by atoms with van der Waals surface area (Å²) in [5.74, 6) is 0.603. The van der Waals surface area contributed by atoms with Gasteiger partial charge in [-0.3, -0.25) is 4.79 Å². The lowest BCUT2D eigenvalue weighted by Gasteiger charge is -2.18. The molecule has 0 aliphatic rings. The van der Waals surface area contributed by atoms with E-state index >= 15 is 0 Å². The molecule has 0 bridgehead atoms. The van der Waals surface area contributed by atoms with E-state index in [4.69, 9.17) is 21.1 Å². The number of anilines is 1. The zero-order valence-electron chi connectivity index (χ0n) is 17.7. The maximum absolute atomic E-state index is 12.1. The molecule has 166 valence electrons. The molecule has 8 heteroatoms. The lowest BCUT2D eigenvalue weighted by atomic mass is 10.2. The molecule has 0 atom stereocenters. The highest BCUT2D eigenvalue weighted by molar-refractivity contribution is 6.32. The summed E-state index contributed by atoms with van der Waals surface area (Å²) in [6.07, 6.45) is 0. The van der Waals surface area contributed by atoms with Crippen molar-refractivity contribution >= 4 is 23.2 Å². The number of likely N-dealkylation sites (N-methyl/N-ethyl adjacent to an activating group) is 1. The summed E-state index contributed by atoms with van der Waals surface area (Å²) in [6, 6.07) is 12.9. The van der Waals surface area contributed by atoms with Gasteiger partial charge in [-0.15, -0.1) is 0 Å². The molecule has 2 rings (SSSR count). The average molecular weight is 455 g/mol. The second-order valence-corrected chi connectivity index (χ2v) is 6.92. The van der Waals surface area contributed by atoms with Gasteiger partial charge in [0.2, 0.25) is 0 Å². The van der Waals surface area contributed by atoms with Crippen LogP contribution in [0.2, 0.25) is 5.02 Å². The van der Waals surface area contributed by atoms with E-state index in [1.54, 1.807) is 7.11 Å². The van der Waals surface area contributed by atoms with Crippen molar-refractivity contribution in [3.63, 3.8) is 0 Å². The van der Waals surface area contributed by atoms with Crippen molar-refractivity contribution in [2.75, 3.05) is 45.2 Å². The van der Waals surface area contributed by atoms with Crippen LogP contribution in [0, 0.1) is 0 Å².